The fourth-order valence-corrected chi connectivity index (χ4v) is 2.15. The summed E-state index contributed by atoms with van der Waals surface area (Å²) in [5.41, 5.74) is 1.12. The molecule has 1 aliphatic carbocycles. The Hall–Kier alpha value is -1.15. The molecule has 0 amide bonds. The van der Waals surface area contributed by atoms with Crippen LogP contribution in [0.3, 0.4) is 0 Å². The lowest BCUT2D eigenvalue weighted by Crippen LogP contribution is -2.14. The lowest BCUT2D eigenvalue weighted by Gasteiger charge is -2.11. The highest BCUT2D eigenvalue weighted by molar-refractivity contribution is 5.55. The second-order valence-electron chi connectivity index (χ2n) is 5.02. The molecule has 0 N–H and O–H groups in total. The van der Waals surface area contributed by atoms with Crippen molar-refractivity contribution in [2.45, 2.75) is 38.9 Å². The van der Waals surface area contributed by atoms with Crippen molar-refractivity contribution < 1.29 is 9.53 Å². The van der Waals surface area contributed by atoms with E-state index in [0.29, 0.717) is 6.61 Å². The summed E-state index contributed by atoms with van der Waals surface area (Å²) in [6, 6.07) is 9.99. The summed E-state index contributed by atoms with van der Waals surface area (Å²) < 4.78 is 5.62. The third kappa shape index (κ3) is 3.97. The number of ether oxygens (including phenoxy) is 1. The van der Waals surface area contributed by atoms with Gasteiger partial charge in [-0.05, 0) is 36.7 Å². The fourth-order valence-electron chi connectivity index (χ4n) is 2.15. The number of hydrogen-bond acceptors (Lipinski definition) is 2. The van der Waals surface area contributed by atoms with E-state index in [-0.39, 0.29) is 6.10 Å². The van der Waals surface area contributed by atoms with E-state index in [9.17, 15) is 4.79 Å². The van der Waals surface area contributed by atoms with E-state index in [2.05, 4.69) is 6.92 Å². The van der Waals surface area contributed by atoms with Crippen molar-refractivity contribution in [2.24, 2.45) is 11.8 Å². The van der Waals surface area contributed by atoms with Crippen LogP contribution in [0.15, 0.2) is 30.3 Å². The zero-order chi connectivity index (χ0) is 12.1. The van der Waals surface area contributed by atoms with Crippen LogP contribution in [0.25, 0.3) is 0 Å². The van der Waals surface area contributed by atoms with Crippen LogP contribution < -0.4 is 0 Å². The van der Waals surface area contributed by atoms with Crippen molar-refractivity contribution in [3.05, 3.63) is 35.9 Å². The van der Waals surface area contributed by atoms with Gasteiger partial charge in [0.15, 0.2) is 0 Å². The number of carbonyl (C=O) groups is 1. The Bertz CT molecular complexity index is 347. The van der Waals surface area contributed by atoms with Crippen LogP contribution in [0, 0.1) is 11.8 Å². The molecule has 0 aliphatic heterocycles. The summed E-state index contributed by atoms with van der Waals surface area (Å²) in [4.78, 5) is 10.9. The Balaban J connectivity index is 1.70. The van der Waals surface area contributed by atoms with Crippen molar-refractivity contribution >= 4 is 6.29 Å². The van der Waals surface area contributed by atoms with E-state index in [0.717, 1.165) is 36.5 Å². The minimum absolute atomic E-state index is 0.233. The van der Waals surface area contributed by atoms with Gasteiger partial charge in [-0.25, -0.2) is 0 Å². The molecule has 0 radical (unpaired) electrons. The molecule has 0 bridgehead atoms. The molecule has 17 heavy (non-hydrogen) atoms. The van der Waals surface area contributed by atoms with Crippen molar-refractivity contribution in [1.82, 2.24) is 0 Å². The van der Waals surface area contributed by atoms with Crippen LogP contribution >= 0.6 is 0 Å². The van der Waals surface area contributed by atoms with Gasteiger partial charge in [0.05, 0.1) is 6.61 Å². The molecule has 0 spiro atoms. The maximum absolute atomic E-state index is 10.9. The zero-order valence-electron chi connectivity index (χ0n) is 10.3. The number of aldehydes is 1. The minimum Gasteiger partial charge on any atom is -0.366 e. The van der Waals surface area contributed by atoms with Crippen molar-refractivity contribution in [2.75, 3.05) is 0 Å². The third-order valence-corrected chi connectivity index (χ3v) is 3.56. The smallest absolute Gasteiger partial charge is 0.148 e. The van der Waals surface area contributed by atoms with Crippen molar-refractivity contribution in [3.8, 4) is 0 Å². The first-order valence-electron chi connectivity index (χ1n) is 6.40. The first kappa shape index (κ1) is 12.3. The molecule has 1 aliphatic rings. The van der Waals surface area contributed by atoms with Gasteiger partial charge in [0.1, 0.15) is 12.4 Å². The van der Waals surface area contributed by atoms with Crippen LogP contribution in [0.4, 0.5) is 0 Å². The van der Waals surface area contributed by atoms with Crippen LogP contribution in [-0.2, 0) is 16.1 Å². The van der Waals surface area contributed by atoms with E-state index < -0.39 is 0 Å². The molecule has 1 fully saturated rings. The standard InChI is InChI=1S/C15H20O2/c1-12-9-14(12)7-8-15(10-16)17-11-13-5-3-2-4-6-13/h2-6,10,12,14-15H,7-9,11H2,1H3/t12-,14+,15+/m0/s1. The molecule has 0 heterocycles. The van der Waals surface area contributed by atoms with E-state index in [4.69, 9.17) is 4.74 Å². The molecule has 3 atom stereocenters. The average molecular weight is 232 g/mol. The Morgan fingerprint density at radius 1 is 1.41 bits per heavy atom. The third-order valence-electron chi connectivity index (χ3n) is 3.56. The predicted molar refractivity (Wildman–Crippen MR) is 67.6 cm³/mol. The Labute approximate surface area is 103 Å². The van der Waals surface area contributed by atoms with Gasteiger partial charge in [-0.1, -0.05) is 37.3 Å². The van der Waals surface area contributed by atoms with Gasteiger partial charge in [0.25, 0.3) is 0 Å². The maximum atomic E-state index is 10.9. The first-order valence-corrected chi connectivity index (χ1v) is 6.40. The van der Waals surface area contributed by atoms with E-state index in [1.54, 1.807) is 0 Å². The molecule has 2 nitrogen and oxygen atoms in total. The van der Waals surface area contributed by atoms with Crippen LogP contribution in [-0.4, -0.2) is 12.4 Å². The maximum Gasteiger partial charge on any atom is 0.148 e. The van der Waals surface area contributed by atoms with E-state index in [1.807, 2.05) is 30.3 Å². The Kier molecular flexibility index (Phi) is 4.32. The molecule has 0 unspecified atom stereocenters. The van der Waals surface area contributed by atoms with Crippen LogP contribution in [0.5, 0.6) is 0 Å². The van der Waals surface area contributed by atoms with Crippen LogP contribution in [0.2, 0.25) is 0 Å². The van der Waals surface area contributed by atoms with Gasteiger partial charge < -0.3 is 9.53 Å². The topological polar surface area (TPSA) is 26.3 Å². The lowest BCUT2D eigenvalue weighted by molar-refractivity contribution is -0.119. The molecule has 1 aromatic rings. The second-order valence-corrected chi connectivity index (χ2v) is 5.02. The number of rotatable bonds is 7. The van der Waals surface area contributed by atoms with Gasteiger partial charge in [0, 0.05) is 0 Å². The second kappa shape index (κ2) is 5.97. The van der Waals surface area contributed by atoms with Crippen molar-refractivity contribution in [1.29, 1.82) is 0 Å². The molecular formula is C15H20O2. The summed E-state index contributed by atoms with van der Waals surface area (Å²) in [7, 11) is 0. The van der Waals surface area contributed by atoms with Gasteiger partial charge in [-0.3, -0.25) is 0 Å². The summed E-state index contributed by atoms with van der Waals surface area (Å²) in [6.07, 6.45) is 4.02. The number of hydrogen-bond donors (Lipinski definition) is 0. The minimum atomic E-state index is -0.233. The number of carbonyl (C=O) groups excluding carboxylic acids is 1. The average Bonchev–Trinajstić information content (AvgIpc) is 3.07. The first-order chi connectivity index (χ1) is 8.29. The highest BCUT2D eigenvalue weighted by Gasteiger charge is 2.32. The van der Waals surface area contributed by atoms with Gasteiger partial charge in [0.2, 0.25) is 0 Å². The molecular weight excluding hydrogens is 212 g/mol. The van der Waals surface area contributed by atoms with E-state index in [1.165, 1.54) is 6.42 Å². The molecule has 2 rings (SSSR count). The molecule has 1 saturated carbocycles. The Morgan fingerprint density at radius 2 is 2.12 bits per heavy atom. The highest BCUT2D eigenvalue weighted by Crippen LogP contribution is 2.41. The normalized spacial score (nSPS) is 24.3. The fraction of sp³-hybridized carbons (Fsp3) is 0.533. The lowest BCUT2D eigenvalue weighted by atomic mass is 10.1. The van der Waals surface area contributed by atoms with Crippen LogP contribution in [0.1, 0.15) is 31.7 Å². The monoisotopic (exact) mass is 232 g/mol. The van der Waals surface area contributed by atoms with Gasteiger partial charge in [-0.2, -0.15) is 0 Å². The van der Waals surface area contributed by atoms with Gasteiger partial charge >= 0.3 is 0 Å². The number of benzene rings is 1. The Morgan fingerprint density at radius 3 is 2.71 bits per heavy atom. The van der Waals surface area contributed by atoms with Gasteiger partial charge in [-0.15, -0.1) is 0 Å². The molecule has 92 valence electrons. The molecule has 0 aromatic heterocycles. The quantitative estimate of drug-likeness (QED) is 0.675. The SMILES string of the molecule is C[C@H]1C[C@H]1CC[C@H](C=O)OCc1ccccc1. The highest BCUT2D eigenvalue weighted by atomic mass is 16.5. The molecule has 1 aromatic carbocycles. The summed E-state index contributed by atoms with van der Waals surface area (Å²) >= 11 is 0. The molecule has 0 saturated heterocycles. The summed E-state index contributed by atoms with van der Waals surface area (Å²) in [5, 5.41) is 0. The predicted octanol–water partition coefficient (Wildman–Crippen LogP) is 3.21. The summed E-state index contributed by atoms with van der Waals surface area (Å²) in [5.74, 6) is 1.69. The van der Waals surface area contributed by atoms with E-state index >= 15 is 0 Å². The zero-order valence-corrected chi connectivity index (χ0v) is 10.3. The summed E-state index contributed by atoms with van der Waals surface area (Å²) in [6.45, 7) is 2.80. The van der Waals surface area contributed by atoms with Crippen molar-refractivity contribution in [3.63, 3.8) is 0 Å². The largest absolute Gasteiger partial charge is 0.366 e. The molecule has 2 heteroatoms.